The van der Waals surface area contributed by atoms with Crippen molar-refractivity contribution in [2.24, 2.45) is 0 Å². The first-order valence-electron chi connectivity index (χ1n) is 5.35. The molecule has 0 aliphatic heterocycles. The molecule has 4 heteroatoms. The molecule has 0 aliphatic rings. The van der Waals surface area contributed by atoms with Crippen LogP contribution < -0.4 is 0 Å². The first kappa shape index (κ1) is 16.0. The Bertz CT molecular complexity index is 389. The molecule has 1 aromatic rings. The molecular weight excluding hydrogens is 259 g/mol. The number of hydrogen-bond acceptors (Lipinski definition) is 1. The quantitative estimate of drug-likeness (QED) is 0.804. The molecule has 1 atom stereocenters. The van der Waals surface area contributed by atoms with Gasteiger partial charge in [-0.15, -0.1) is 6.58 Å². The van der Waals surface area contributed by atoms with E-state index in [-0.39, 0.29) is 0 Å². The summed E-state index contributed by atoms with van der Waals surface area (Å²) in [5.74, 6) is -1.51. The van der Waals surface area contributed by atoms with Gasteiger partial charge in [0, 0.05) is 0 Å². The normalized spacial score (nSPS) is 11.1. The fraction of sp³-hybridized carbons (Fsp3) is 0.308. The number of carboxylic acid groups (broad SMARTS) is 1. The molecule has 1 aromatic carbocycles. The monoisotopic (exact) mass is 274 g/mol. The average molecular weight is 275 g/mol. The lowest BCUT2D eigenvalue weighted by Crippen LogP contribution is -2.10. The second kappa shape index (κ2) is 8.15. The lowest BCUT2D eigenvalue weighted by atomic mass is 9.96. The molecule has 0 saturated heterocycles. The molecule has 0 bridgehead atoms. The van der Waals surface area contributed by atoms with Gasteiger partial charge >= 0.3 is 5.97 Å². The topological polar surface area (TPSA) is 37.3 Å². The van der Waals surface area contributed by atoms with Gasteiger partial charge in [0.05, 0.1) is 16.0 Å². The predicted octanol–water partition coefficient (Wildman–Crippen LogP) is 4.76. The second-order valence-corrected chi connectivity index (χ2v) is 3.90. The zero-order chi connectivity index (χ0) is 13.4. The zero-order valence-corrected chi connectivity index (χ0v) is 11.4. The lowest BCUT2D eigenvalue weighted by molar-refractivity contribution is -0.138. The van der Waals surface area contributed by atoms with Crippen LogP contribution in [0.2, 0.25) is 10.0 Å². The number of benzene rings is 1. The minimum absolute atomic E-state index is 0.365. The van der Waals surface area contributed by atoms with Crippen LogP contribution >= 0.6 is 23.2 Å². The molecule has 0 fully saturated rings. The van der Waals surface area contributed by atoms with Crippen LogP contribution in [0.1, 0.15) is 31.7 Å². The molecule has 0 amide bonds. The van der Waals surface area contributed by atoms with Crippen LogP contribution in [-0.4, -0.2) is 11.1 Å². The Morgan fingerprint density at radius 1 is 1.41 bits per heavy atom. The van der Waals surface area contributed by atoms with E-state index in [1.165, 1.54) is 0 Å². The number of halogens is 2. The third-order valence-electron chi connectivity index (χ3n) is 2.05. The third-order valence-corrected chi connectivity index (χ3v) is 2.79. The summed E-state index contributed by atoms with van der Waals surface area (Å²) in [6.45, 7) is 7.53. The Hall–Kier alpha value is -0.990. The van der Waals surface area contributed by atoms with Gasteiger partial charge < -0.3 is 5.11 Å². The van der Waals surface area contributed by atoms with E-state index in [1.807, 2.05) is 13.8 Å². The molecule has 0 heterocycles. The molecule has 0 saturated carbocycles. The Labute approximate surface area is 112 Å². The zero-order valence-electron chi connectivity index (χ0n) is 9.91. The van der Waals surface area contributed by atoms with Crippen LogP contribution in [0.25, 0.3) is 0 Å². The standard InChI is InChI=1S/C11H10Cl2O2.C2H6/c1-2-3-8(11(14)15)7-4-5-9(12)10(13)6-7;1-2/h2,4-6,8H,1,3H2,(H,14,15);1-2H3. The maximum absolute atomic E-state index is 11.0. The number of carbonyl (C=O) groups is 1. The number of rotatable bonds is 4. The summed E-state index contributed by atoms with van der Waals surface area (Å²) in [5.41, 5.74) is 0.636. The maximum atomic E-state index is 11.0. The van der Waals surface area contributed by atoms with Gasteiger partial charge in [0.1, 0.15) is 0 Å². The maximum Gasteiger partial charge on any atom is 0.311 e. The highest BCUT2D eigenvalue weighted by Crippen LogP contribution is 2.28. The Balaban J connectivity index is 0.00000121. The first-order chi connectivity index (χ1) is 8.06. The molecule has 1 unspecified atom stereocenters. The fourth-order valence-electron chi connectivity index (χ4n) is 1.28. The molecule has 1 rings (SSSR count). The average Bonchev–Trinajstić information content (AvgIpc) is 2.32. The van der Waals surface area contributed by atoms with Gasteiger partial charge in [-0.3, -0.25) is 4.79 Å². The number of allylic oxidation sites excluding steroid dienone is 1. The molecule has 0 spiro atoms. The van der Waals surface area contributed by atoms with Crippen LogP contribution in [0.15, 0.2) is 30.9 Å². The molecule has 17 heavy (non-hydrogen) atoms. The number of hydrogen-bond donors (Lipinski definition) is 1. The van der Waals surface area contributed by atoms with E-state index in [0.717, 1.165) is 0 Å². The Morgan fingerprint density at radius 3 is 2.41 bits per heavy atom. The van der Waals surface area contributed by atoms with Gasteiger partial charge in [0.15, 0.2) is 0 Å². The molecule has 0 radical (unpaired) electrons. The van der Waals surface area contributed by atoms with E-state index >= 15 is 0 Å². The Morgan fingerprint density at radius 2 is 2.00 bits per heavy atom. The summed E-state index contributed by atoms with van der Waals surface area (Å²) in [7, 11) is 0. The van der Waals surface area contributed by atoms with E-state index in [1.54, 1.807) is 24.3 Å². The third kappa shape index (κ3) is 4.80. The SMILES string of the molecule is C=CCC(C(=O)O)c1ccc(Cl)c(Cl)c1.CC. The van der Waals surface area contributed by atoms with E-state index in [9.17, 15) is 4.79 Å². The first-order valence-corrected chi connectivity index (χ1v) is 6.10. The van der Waals surface area contributed by atoms with Gasteiger partial charge in [-0.25, -0.2) is 0 Å². The Kier molecular flexibility index (Phi) is 7.68. The molecule has 0 aromatic heterocycles. The van der Waals surface area contributed by atoms with Crippen molar-refractivity contribution in [3.05, 3.63) is 46.5 Å². The van der Waals surface area contributed by atoms with Crippen molar-refractivity contribution in [3.63, 3.8) is 0 Å². The van der Waals surface area contributed by atoms with Crippen molar-refractivity contribution < 1.29 is 9.90 Å². The van der Waals surface area contributed by atoms with E-state index in [0.29, 0.717) is 22.0 Å². The highest BCUT2D eigenvalue weighted by molar-refractivity contribution is 6.42. The van der Waals surface area contributed by atoms with Crippen molar-refractivity contribution in [1.82, 2.24) is 0 Å². The second-order valence-electron chi connectivity index (χ2n) is 3.09. The van der Waals surface area contributed by atoms with Crippen molar-refractivity contribution in [1.29, 1.82) is 0 Å². The predicted molar refractivity (Wildman–Crippen MR) is 73.0 cm³/mol. The number of aliphatic carboxylic acids is 1. The summed E-state index contributed by atoms with van der Waals surface area (Å²) in [4.78, 5) is 11.0. The summed E-state index contributed by atoms with van der Waals surface area (Å²) >= 11 is 11.6. The van der Waals surface area contributed by atoms with Gasteiger partial charge in [-0.05, 0) is 24.1 Å². The molecule has 2 nitrogen and oxygen atoms in total. The minimum Gasteiger partial charge on any atom is -0.481 e. The summed E-state index contributed by atoms with van der Waals surface area (Å²) < 4.78 is 0. The van der Waals surface area contributed by atoms with Crippen LogP contribution in [0.5, 0.6) is 0 Å². The van der Waals surface area contributed by atoms with E-state index in [4.69, 9.17) is 28.3 Å². The molecule has 1 N–H and O–H groups in total. The van der Waals surface area contributed by atoms with Gasteiger partial charge in [-0.2, -0.15) is 0 Å². The highest BCUT2D eigenvalue weighted by Gasteiger charge is 2.18. The number of carboxylic acids is 1. The van der Waals surface area contributed by atoms with Crippen molar-refractivity contribution in [3.8, 4) is 0 Å². The van der Waals surface area contributed by atoms with E-state index in [2.05, 4.69) is 6.58 Å². The largest absolute Gasteiger partial charge is 0.481 e. The van der Waals surface area contributed by atoms with Gasteiger partial charge in [0.2, 0.25) is 0 Å². The molecule has 94 valence electrons. The van der Waals surface area contributed by atoms with Crippen molar-refractivity contribution >= 4 is 29.2 Å². The lowest BCUT2D eigenvalue weighted by Gasteiger charge is -2.10. The molecular formula is C13H16Cl2O2. The van der Waals surface area contributed by atoms with Crippen molar-refractivity contribution in [2.45, 2.75) is 26.2 Å². The summed E-state index contributed by atoms with van der Waals surface area (Å²) in [6.07, 6.45) is 1.94. The summed E-state index contributed by atoms with van der Waals surface area (Å²) in [6, 6.07) is 4.83. The van der Waals surface area contributed by atoms with E-state index < -0.39 is 11.9 Å². The highest BCUT2D eigenvalue weighted by atomic mass is 35.5. The van der Waals surface area contributed by atoms with Crippen molar-refractivity contribution in [2.75, 3.05) is 0 Å². The fourth-order valence-corrected chi connectivity index (χ4v) is 1.58. The molecule has 0 aliphatic carbocycles. The van der Waals surface area contributed by atoms with Gasteiger partial charge in [-0.1, -0.05) is 49.2 Å². The van der Waals surface area contributed by atoms with Crippen LogP contribution in [0.3, 0.4) is 0 Å². The van der Waals surface area contributed by atoms with Crippen LogP contribution in [0.4, 0.5) is 0 Å². The summed E-state index contributed by atoms with van der Waals surface area (Å²) in [5, 5.41) is 9.78. The van der Waals surface area contributed by atoms with Crippen LogP contribution in [-0.2, 0) is 4.79 Å². The smallest absolute Gasteiger partial charge is 0.311 e. The van der Waals surface area contributed by atoms with Gasteiger partial charge in [0.25, 0.3) is 0 Å². The minimum atomic E-state index is -0.895. The van der Waals surface area contributed by atoms with Crippen LogP contribution in [0, 0.1) is 0 Å².